The van der Waals surface area contributed by atoms with Gasteiger partial charge in [0.25, 0.3) is 0 Å². The fraction of sp³-hybridized carbons (Fsp3) is 0.571. The number of hydrogen-bond acceptors (Lipinski definition) is 3. The average molecular weight is 254 g/mol. The SMILES string of the molecule is CNC(CN(C)c1cccc(F)c1)C(C)(C)OC. The van der Waals surface area contributed by atoms with Crippen LogP contribution in [0.1, 0.15) is 13.8 Å². The Morgan fingerprint density at radius 1 is 1.44 bits per heavy atom. The van der Waals surface area contributed by atoms with Crippen molar-refractivity contribution >= 4 is 5.69 Å². The van der Waals surface area contributed by atoms with Gasteiger partial charge in [-0.3, -0.25) is 0 Å². The molecule has 4 heteroatoms. The Balaban J connectivity index is 2.77. The van der Waals surface area contributed by atoms with E-state index >= 15 is 0 Å². The molecule has 1 aromatic carbocycles. The van der Waals surface area contributed by atoms with Gasteiger partial charge in [-0.2, -0.15) is 0 Å². The molecule has 1 unspecified atom stereocenters. The highest BCUT2D eigenvalue weighted by atomic mass is 19.1. The summed E-state index contributed by atoms with van der Waals surface area (Å²) < 4.78 is 18.7. The van der Waals surface area contributed by atoms with Crippen molar-refractivity contribution in [3.05, 3.63) is 30.1 Å². The molecule has 0 radical (unpaired) electrons. The summed E-state index contributed by atoms with van der Waals surface area (Å²) in [7, 11) is 5.56. The van der Waals surface area contributed by atoms with Crippen molar-refractivity contribution in [3.63, 3.8) is 0 Å². The van der Waals surface area contributed by atoms with Gasteiger partial charge in [-0.05, 0) is 39.1 Å². The van der Waals surface area contributed by atoms with E-state index in [0.717, 1.165) is 12.2 Å². The van der Waals surface area contributed by atoms with Crippen molar-refractivity contribution in [1.82, 2.24) is 5.32 Å². The zero-order valence-electron chi connectivity index (χ0n) is 11.8. The molecule has 0 aliphatic heterocycles. The summed E-state index contributed by atoms with van der Waals surface area (Å²) in [6.07, 6.45) is 0. The quantitative estimate of drug-likeness (QED) is 0.843. The maximum Gasteiger partial charge on any atom is 0.125 e. The molecule has 3 nitrogen and oxygen atoms in total. The summed E-state index contributed by atoms with van der Waals surface area (Å²) in [4.78, 5) is 2.02. The minimum atomic E-state index is -0.281. The lowest BCUT2D eigenvalue weighted by Gasteiger charge is -2.36. The molecule has 1 N–H and O–H groups in total. The molecule has 1 atom stereocenters. The first-order valence-electron chi connectivity index (χ1n) is 6.10. The number of methoxy groups -OCH3 is 1. The van der Waals surface area contributed by atoms with Gasteiger partial charge in [0.1, 0.15) is 5.82 Å². The van der Waals surface area contributed by atoms with E-state index in [2.05, 4.69) is 5.32 Å². The molecule has 1 aromatic rings. The van der Waals surface area contributed by atoms with Crippen LogP contribution in [0.3, 0.4) is 0 Å². The Morgan fingerprint density at radius 3 is 2.61 bits per heavy atom. The third-order valence-corrected chi connectivity index (χ3v) is 3.42. The standard InChI is InChI=1S/C14H23FN2O/c1-14(2,18-5)13(16-3)10-17(4)12-8-6-7-11(15)9-12/h6-9,13,16H,10H2,1-5H3. The van der Waals surface area contributed by atoms with Crippen molar-refractivity contribution in [2.24, 2.45) is 0 Å². The predicted octanol–water partition coefficient (Wildman–Crippen LogP) is 2.27. The van der Waals surface area contributed by atoms with Gasteiger partial charge in [0.15, 0.2) is 0 Å². The molecule has 0 fully saturated rings. The fourth-order valence-electron chi connectivity index (χ4n) is 1.89. The van der Waals surface area contributed by atoms with Gasteiger partial charge < -0.3 is 15.0 Å². The Morgan fingerprint density at radius 2 is 2.11 bits per heavy atom. The highest BCUT2D eigenvalue weighted by molar-refractivity contribution is 5.45. The van der Waals surface area contributed by atoms with Crippen LogP contribution in [0.2, 0.25) is 0 Å². The fourth-order valence-corrected chi connectivity index (χ4v) is 1.89. The van der Waals surface area contributed by atoms with Crippen LogP contribution in [0.4, 0.5) is 10.1 Å². The van der Waals surface area contributed by atoms with E-state index in [-0.39, 0.29) is 17.5 Å². The van der Waals surface area contributed by atoms with Crippen LogP contribution in [0.15, 0.2) is 24.3 Å². The van der Waals surface area contributed by atoms with Gasteiger partial charge in [-0.15, -0.1) is 0 Å². The number of anilines is 1. The molecule has 0 saturated carbocycles. The minimum Gasteiger partial charge on any atom is -0.377 e. The van der Waals surface area contributed by atoms with Gasteiger partial charge in [0.2, 0.25) is 0 Å². The number of rotatable bonds is 6. The molecule has 102 valence electrons. The third kappa shape index (κ3) is 3.68. The molecular weight excluding hydrogens is 231 g/mol. The first-order valence-corrected chi connectivity index (χ1v) is 6.10. The molecule has 18 heavy (non-hydrogen) atoms. The van der Waals surface area contributed by atoms with Gasteiger partial charge in [0.05, 0.1) is 11.6 Å². The molecule has 0 spiro atoms. The van der Waals surface area contributed by atoms with Crippen LogP contribution in [-0.2, 0) is 4.74 Å². The number of nitrogens with one attached hydrogen (secondary N) is 1. The zero-order valence-corrected chi connectivity index (χ0v) is 11.8. The molecule has 0 saturated heterocycles. The normalized spacial score (nSPS) is 13.4. The van der Waals surface area contributed by atoms with Crippen LogP contribution >= 0.6 is 0 Å². The zero-order chi connectivity index (χ0) is 13.8. The third-order valence-electron chi connectivity index (χ3n) is 3.42. The Labute approximate surface area is 109 Å². The smallest absolute Gasteiger partial charge is 0.125 e. The van der Waals surface area contributed by atoms with E-state index in [1.807, 2.05) is 38.9 Å². The van der Waals surface area contributed by atoms with Crippen LogP contribution in [0, 0.1) is 5.82 Å². The largest absolute Gasteiger partial charge is 0.377 e. The lowest BCUT2D eigenvalue weighted by atomic mass is 9.98. The number of halogens is 1. The van der Waals surface area contributed by atoms with E-state index in [1.54, 1.807) is 13.2 Å². The molecule has 0 heterocycles. The van der Waals surface area contributed by atoms with Gasteiger partial charge in [-0.1, -0.05) is 6.07 Å². The number of hydrogen-bond donors (Lipinski definition) is 1. The molecule has 0 amide bonds. The molecule has 1 rings (SSSR count). The van der Waals surface area contributed by atoms with Crippen molar-refractivity contribution in [3.8, 4) is 0 Å². The van der Waals surface area contributed by atoms with E-state index < -0.39 is 0 Å². The average Bonchev–Trinajstić information content (AvgIpc) is 2.35. The van der Waals surface area contributed by atoms with Crippen molar-refractivity contribution in [1.29, 1.82) is 0 Å². The molecule has 0 aliphatic carbocycles. The van der Waals surface area contributed by atoms with E-state index in [4.69, 9.17) is 4.74 Å². The minimum absolute atomic E-state index is 0.149. The summed E-state index contributed by atoms with van der Waals surface area (Å²) in [6, 6.07) is 6.75. The molecule has 0 aliphatic rings. The first-order chi connectivity index (χ1) is 8.40. The van der Waals surface area contributed by atoms with Crippen molar-refractivity contribution < 1.29 is 9.13 Å². The summed E-state index contributed by atoms with van der Waals surface area (Å²) in [6.45, 7) is 4.81. The van der Waals surface area contributed by atoms with Crippen molar-refractivity contribution in [2.45, 2.75) is 25.5 Å². The maximum absolute atomic E-state index is 13.2. The molecular formula is C14H23FN2O. The van der Waals surface area contributed by atoms with E-state index in [1.165, 1.54) is 12.1 Å². The summed E-state index contributed by atoms with van der Waals surface area (Å²) in [5.41, 5.74) is 0.582. The molecule has 0 aromatic heterocycles. The highest BCUT2D eigenvalue weighted by Gasteiger charge is 2.29. The lowest BCUT2D eigenvalue weighted by Crippen LogP contribution is -2.52. The second-order valence-electron chi connectivity index (χ2n) is 5.01. The second-order valence-corrected chi connectivity index (χ2v) is 5.01. The maximum atomic E-state index is 13.2. The summed E-state index contributed by atoms with van der Waals surface area (Å²) in [5, 5.41) is 3.25. The Kier molecular flexibility index (Phi) is 5.11. The van der Waals surface area contributed by atoms with Crippen LogP contribution in [-0.4, -0.2) is 39.4 Å². The number of ether oxygens (including phenoxy) is 1. The van der Waals surface area contributed by atoms with Crippen LogP contribution < -0.4 is 10.2 Å². The highest BCUT2D eigenvalue weighted by Crippen LogP contribution is 2.18. The predicted molar refractivity (Wildman–Crippen MR) is 73.6 cm³/mol. The van der Waals surface area contributed by atoms with E-state index in [0.29, 0.717) is 0 Å². The van der Waals surface area contributed by atoms with Gasteiger partial charge in [-0.25, -0.2) is 4.39 Å². The molecule has 0 bridgehead atoms. The number of benzene rings is 1. The number of likely N-dealkylation sites (N-methyl/N-ethyl adjacent to an activating group) is 2. The van der Waals surface area contributed by atoms with Crippen molar-refractivity contribution in [2.75, 3.05) is 32.6 Å². The monoisotopic (exact) mass is 254 g/mol. The van der Waals surface area contributed by atoms with Gasteiger partial charge in [0, 0.05) is 26.4 Å². The van der Waals surface area contributed by atoms with Crippen LogP contribution in [0.5, 0.6) is 0 Å². The summed E-state index contributed by atoms with van der Waals surface area (Å²) >= 11 is 0. The Bertz CT molecular complexity index is 382. The summed E-state index contributed by atoms with van der Waals surface area (Å²) in [5.74, 6) is -0.216. The number of nitrogens with zero attached hydrogens (tertiary/aromatic N) is 1. The van der Waals surface area contributed by atoms with E-state index in [9.17, 15) is 4.39 Å². The lowest BCUT2D eigenvalue weighted by molar-refractivity contribution is -0.00577. The second kappa shape index (κ2) is 6.16. The van der Waals surface area contributed by atoms with Crippen LogP contribution in [0.25, 0.3) is 0 Å². The Hall–Kier alpha value is -1.13. The van der Waals surface area contributed by atoms with Gasteiger partial charge >= 0.3 is 0 Å². The first kappa shape index (κ1) is 14.9. The topological polar surface area (TPSA) is 24.5 Å².